The molecule has 0 spiro atoms. The molecule has 0 unspecified atom stereocenters. The zero-order valence-electron chi connectivity index (χ0n) is 7.92. The molecule has 0 amide bonds. The van der Waals surface area contributed by atoms with Crippen LogP contribution in [-0.2, 0) is 12.2 Å². The van der Waals surface area contributed by atoms with Crippen LogP contribution in [0, 0.1) is 0 Å². The molecule has 0 saturated heterocycles. The van der Waals surface area contributed by atoms with Gasteiger partial charge in [-0.1, -0.05) is 25.1 Å². The number of fused-ring (bicyclic) bond motifs is 1. The number of thioether (sulfide) groups is 1. The maximum atomic E-state index is 6.05. The van der Waals surface area contributed by atoms with Crippen LogP contribution in [0.1, 0.15) is 29.7 Å². The fourth-order valence-electron chi connectivity index (χ4n) is 1.73. The molecule has 0 radical (unpaired) electrons. The van der Waals surface area contributed by atoms with E-state index in [1.165, 1.54) is 16.7 Å². The molecule has 1 nitrogen and oxygen atoms in total. The van der Waals surface area contributed by atoms with Gasteiger partial charge >= 0.3 is 0 Å². The Morgan fingerprint density at radius 2 is 2.38 bits per heavy atom. The second kappa shape index (κ2) is 3.72. The minimum absolute atomic E-state index is 0.250. The predicted molar refractivity (Wildman–Crippen MR) is 58.9 cm³/mol. The molecular weight excluding hydrogens is 178 g/mol. The van der Waals surface area contributed by atoms with Crippen molar-refractivity contribution in [1.82, 2.24) is 0 Å². The van der Waals surface area contributed by atoms with Gasteiger partial charge in [-0.15, -0.1) is 0 Å². The Hall–Kier alpha value is -0.470. The van der Waals surface area contributed by atoms with E-state index < -0.39 is 0 Å². The van der Waals surface area contributed by atoms with Crippen LogP contribution < -0.4 is 5.73 Å². The van der Waals surface area contributed by atoms with Crippen LogP contribution in [0.4, 0.5) is 0 Å². The van der Waals surface area contributed by atoms with Crippen LogP contribution in [0.15, 0.2) is 18.2 Å². The van der Waals surface area contributed by atoms with E-state index in [2.05, 4.69) is 25.1 Å². The summed E-state index contributed by atoms with van der Waals surface area (Å²) >= 11 is 1.93. The van der Waals surface area contributed by atoms with Gasteiger partial charge < -0.3 is 5.73 Å². The summed E-state index contributed by atoms with van der Waals surface area (Å²) in [5.41, 5.74) is 10.3. The monoisotopic (exact) mass is 193 g/mol. The molecule has 70 valence electrons. The van der Waals surface area contributed by atoms with E-state index in [1.54, 1.807) is 0 Å². The minimum atomic E-state index is 0.250. The Morgan fingerprint density at radius 3 is 3.15 bits per heavy atom. The molecule has 2 heteroatoms. The van der Waals surface area contributed by atoms with Crippen molar-refractivity contribution in [2.24, 2.45) is 5.73 Å². The van der Waals surface area contributed by atoms with Crippen molar-refractivity contribution in [3.63, 3.8) is 0 Å². The van der Waals surface area contributed by atoms with Crippen LogP contribution in [0.5, 0.6) is 0 Å². The van der Waals surface area contributed by atoms with Gasteiger partial charge in [-0.05, 0) is 23.1 Å². The molecule has 1 atom stereocenters. The maximum Gasteiger partial charge on any atom is 0.0390 e. The summed E-state index contributed by atoms with van der Waals surface area (Å²) in [4.78, 5) is 0. The fraction of sp³-hybridized carbons (Fsp3) is 0.455. The van der Waals surface area contributed by atoms with Gasteiger partial charge in [0.2, 0.25) is 0 Å². The summed E-state index contributed by atoms with van der Waals surface area (Å²) < 4.78 is 0. The summed E-state index contributed by atoms with van der Waals surface area (Å²) in [5, 5.41) is 0. The highest BCUT2D eigenvalue weighted by atomic mass is 32.2. The SMILES string of the molecule is CCc1ccc2c(c1)[C@H](N)CSC2. The Labute approximate surface area is 83.7 Å². The lowest BCUT2D eigenvalue weighted by Crippen LogP contribution is -2.18. The number of rotatable bonds is 1. The van der Waals surface area contributed by atoms with E-state index in [4.69, 9.17) is 5.73 Å². The van der Waals surface area contributed by atoms with Crippen LogP contribution in [0.3, 0.4) is 0 Å². The molecular formula is C11H15NS. The Kier molecular flexibility index (Phi) is 2.61. The summed E-state index contributed by atoms with van der Waals surface area (Å²) in [6, 6.07) is 6.98. The molecule has 1 aliphatic heterocycles. The van der Waals surface area contributed by atoms with Crippen LogP contribution in [0.25, 0.3) is 0 Å². The van der Waals surface area contributed by atoms with Crippen molar-refractivity contribution in [3.8, 4) is 0 Å². The minimum Gasteiger partial charge on any atom is -0.323 e. The predicted octanol–water partition coefficient (Wildman–Crippen LogP) is 2.50. The van der Waals surface area contributed by atoms with Gasteiger partial charge in [0, 0.05) is 17.5 Å². The smallest absolute Gasteiger partial charge is 0.0390 e. The van der Waals surface area contributed by atoms with E-state index in [0.717, 1.165) is 17.9 Å². The Balaban J connectivity index is 2.41. The van der Waals surface area contributed by atoms with Crippen molar-refractivity contribution >= 4 is 11.8 Å². The molecule has 2 N–H and O–H groups in total. The molecule has 0 aliphatic carbocycles. The second-order valence-corrected chi connectivity index (χ2v) is 4.54. The first kappa shape index (κ1) is 9.10. The average molecular weight is 193 g/mol. The van der Waals surface area contributed by atoms with Crippen LogP contribution in [-0.4, -0.2) is 5.75 Å². The van der Waals surface area contributed by atoms with Crippen LogP contribution >= 0.6 is 11.8 Å². The molecule has 0 bridgehead atoms. The van der Waals surface area contributed by atoms with E-state index >= 15 is 0 Å². The average Bonchev–Trinajstić information content (AvgIpc) is 2.18. The topological polar surface area (TPSA) is 26.0 Å². The number of hydrogen-bond acceptors (Lipinski definition) is 2. The molecule has 1 aromatic rings. The van der Waals surface area contributed by atoms with Crippen molar-refractivity contribution in [3.05, 3.63) is 34.9 Å². The van der Waals surface area contributed by atoms with Gasteiger partial charge in [0.15, 0.2) is 0 Å². The molecule has 0 saturated carbocycles. The Bertz CT molecular complexity index is 309. The van der Waals surface area contributed by atoms with Gasteiger partial charge in [-0.25, -0.2) is 0 Å². The first-order chi connectivity index (χ1) is 6.31. The standard InChI is InChI=1S/C11H15NS/c1-2-8-3-4-9-6-13-7-11(12)10(9)5-8/h3-5,11H,2,6-7,12H2,1H3/t11-/m1/s1. The molecule has 13 heavy (non-hydrogen) atoms. The number of nitrogens with two attached hydrogens (primary N) is 1. The van der Waals surface area contributed by atoms with Crippen molar-refractivity contribution < 1.29 is 0 Å². The lowest BCUT2D eigenvalue weighted by Gasteiger charge is -2.22. The van der Waals surface area contributed by atoms with Crippen LogP contribution in [0.2, 0.25) is 0 Å². The van der Waals surface area contributed by atoms with E-state index in [-0.39, 0.29) is 6.04 Å². The fourth-order valence-corrected chi connectivity index (χ4v) is 2.76. The normalized spacial score (nSPS) is 21.2. The van der Waals surface area contributed by atoms with Gasteiger partial charge in [0.25, 0.3) is 0 Å². The largest absolute Gasteiger partial charge is 0.323 e. The third-order valence-corrected chi connectivity index (χ3v) is 3.68. The molecule has 1 aliphatic rings. The summed E-state index contributed by atoms with van der Waals surface area (Å²) in [6.45, 7) is 2.19. The highest BCUT2D eigenvalue weighted by molar-refractivity contribution is 7.98. The molecule has 1 heterocycles. The zero-order chi connectivity index (χ0) is 9.26. The zero-order valence-corrected chi connectivity index (χ0v) is 8.73. The third-order valence-electron chi connectivity index (χ3n) is 2.57. The van der Waals surface area contributed by atoms with E-state index in [0.29, 0.717) is 0 Å². The molecule has 2 rings (SSSR count). The highest BCUT2D eigenvalue weighted by Crippen LogP contribution is 2.30. The Morgan fingerprint density at radius 1 is 1.54 bits per heavy atom. The van der Waals surface area contributed by atoms with Crippen molar-refractivity contribution in [2.45, 2.75) is 25.1 Å². The lowest BCUT2D eigenvalue weighted by molar-refractivity contribution is 0.806. The molecule has 0 aromatic heterocycles. The van der Waals surface area contributed by atoms with E-state index in [9.17, 15) is 0 Å². The van der Waals surface area contributed by atoms with E-state index in [1.807, 2.05) is 11.8 Å². The van der Waals surface area contributed by atoms with Gasteiger partial charge in [0.05, 0.1) is 0 Å². The van der Waals surface area contributed by atoms with Crippen molar-refractivity contribution in [2.75, 3.05) is 5.75 Å². The summed E-state index contributed by atoms with van der Waals surface area (Å²) in [7, 11) is 0. The molecule has 0 fully saturated rings. The number of benzene rings is 1. The van der Waals surface area contributed by atoms with Gasteiger partial charge in [-0.2, -0.15) is 11.8 Å². The quantitative estimate of drug-likeness (QED) is 0.741. The van der Waals surface area contributed by atoms with Crippen molar-refractivity contribution in [1.29, 1.82) is 0 Å². The summed E-state index contributed by atoms with van der Waals surface area (Å²) in [6.07, 6.45) is 1.10. The number of aryl methyl sites for hydroxylation is 1. The third kappa shape index (κ3) is 1.74. The second-order valence-electron chi connectivity index (χ2n) is 3.51. The lowest BCUT2D eigenvalue weighted by atomic mass is 9.98. The van der Waals surface area contributed by atoms with Gasteiger partial charge in [0.1, 0.15) is 0 Å². The number of hydrogen-bond donors (Lipinski definition) is 1. The molecule has 1 aromatic carbocycles. The summed E-state index contributed by atoms with van der Waals surface area (Å²) in [5.74, 6) is 2.20. The van der Waals surface area contributed by atoms with Gasteiger partial charge in [-0.3, -0.25) is 0 Å². The first-order valence-corrected chi connectivity index (χ1v) is 5.91. The highest BCUT2D eigenvalue weighted by Gasteiger charge is 2.16. The maximum absolute atomic E-state index is 6.05. The first-order valence-electron chi connectivity index (χ1n) is 4.76.